The van der Waals surface area contributed by atoms with Crippen molar-refractivity contribution in [1.82, 2.24) is 5.32 Å². The number of hydrogen-bond acceptors (Lipinski definition) is 2. The molecule has 0 spiro atoms. The third kappa shape index (κ3) is 3.62. The van der Waals surface area contributed by atoms with E-state index in [1.165, 1.54) is 12.1 Å². The van der Waals surface area contributed by atoms with Gasteiger partial charge >= 0.3 is 6.18 Å². The van der Waals surface area contributed by atoms with Crippen LogP contribution in [0.15, 0.2) is 18.2 Å². The van der Waals surface area contributed by atoms with E-state index >= 15 is 0 Å². The van der Waals surface area contributed by atoms with Gasteiger partial charge < -0.3 is 10.2 Å². The molecule has 2 rings (SSSR count). The zero-order valence-electron chi connectivity index (χ0n) is 11.3. The van der Waals surface area contributed by atoms with Gasteiger partial charge in [0.15, 0.2) is 0 Å². The fourth-order valence-electron chi connectivity index (χ4n) is 2.60. The molecule has 1 aliphatic heterocycles. The molecule has 1 aliphatic rings. The summed E-state index contributed by atoms with van der Waals surface area (Å²) in [6.07, 6.45) is -3.56. The zero-order valence-corrected chi connectivity index (χ0v) is 11.3. The lowest BCUT2D eigenvalue weighted by Crippen LogP contribution is -2.41. The Labute approximate surface area is 115 Å². The Bertz CT molecular complexity index is 459. The second-order valence-electron chi connectivity index (χ2n) is 5.17. The number of hydrogen-bond donors (Lipinski definition) is 1. The van der Waals surface area contributed by atoms with Crippen LogP contribution >= 0.6 is 0 Å². The quantitative estimate of drug-likeness (QED) is 0.859. The van der Waals surface area contributed by atoms with Crippen molar-refractivity contribution >= 4 is 5.69 Å². The van der Waals surface area contributed by atoms with Gasteiger partial charge in [-0.15, -0.1) is 0 Å². The Morgan fingerprint density at radius 1 is 1.30 bits per heavy atom. The normalized spacial score (nSPS) is 20.2. The fourth-order valence-corrected chi connectivity index (χ4v) is 2.60. The Balaban J connectivity index is 2.18. The van der Waals surface area contributed by atoms with Crippen molar-refractivity contribution in [3.63, 3.8) is 0 Å². The van der Waals surface area contributed by atoms with Gasteiger partial charge in [0, 0.05) is 25.3 Å². The molecular formula is C14H18F4N2. The van der Waals surface area contributed by atoms with Gasteiger partial charge in [0.05, 0.1) is 5.92 Å². The number of nitrogens with zero attached hydrogens (tertiary/aromatic N) is 1. The van der Waals surface area contributed by atoms with E-state index in [4.69, 9.17) is 0 Å². The molecule has 1 aromatic carbocycles. The monoisotopic (exact) mass is 290 g/mol. The Morgan fingerprint density at radius 2 is 2.05 bits per heavy atom. The lowest BCUT2D eigenvalue weighted by Gasteiger charge is -2.35. The number of nitrogens with one attached hydrogen (secondary N) is 1. The van der Waals surface area contributed by atoms with E-state index in [-0.39, 0.29) is 13.0 Å². The Kier molecular flexibility index (Phi) is 4.52. The van der Waals surface area contributed by atoms with Crippen LogP contribution in [0, 0.1) is 11.7 Å². The average Bonchev–Trinajstić information content (AvgIpc) is 2.37. The fraction of sp³-hybridized carbons (Fsp3) is 0.571. The maximum atomic E-state index is 13.6. The molecule has 1 N–H and O–H groups in total. The third-order valence-corrected chi connectivity index (χ3v) is 3.57. The van der Waals surface area contributed by atoms with E-state index in [1.807, 2.05) is 0 Å². The van der Waals surface area contributed by atoms with E-state index in [0.29, 0.717) is 25.2 Å². The molecule has 0 aromatic heterocycles. The molecule has 20 heavy (non-hydrogen) atoms. The van der Waals surface area contributed by atoms with Crippen molar-refractivity contribution in [2.75, 3.05) is 25.0 Å². The van der Waals surface area contributed by atoms with Crippen molar-refractivity contribution in [2.45, 2.75) is 25.6 Å². The second-order valence-corrected chi connectivity index (χ2v) is 5.17. The molecule has 1 saturated heterocycles. The highest BCUT2D eigenvalue weighted by Crippen LogP contribution is 2.35. The van der Waals surface area contributed by atoms with Crippen LogP contribution in [0.4, 0.5) is 23.2 Å². The van der Waals surface area contributed by atoms with Crippen LogP contribution in [0.5, 0.6) is 0 Å². The van der Waals surface area contributed by atoms with E-state index in [0.717, 1.165) is 5.56 Å². The summed E-state index contributed by atoms with van der Waals surface area (Å²) in [5.41, 5.74) is 1.26. The van der Waals surface area contributed by atoms with Crippen LogP contribution in [0.1, 0.15) is 18.4 Å². The molecule has 1 fully saturated rings. The highest BCUT2D eigenvalue weighted by atomic mass is 19.4. The van der Waals surface area contributed by atoms with Crippen LogP contribution in [0.3, 0.4) is 0 Å². The number of rotatable bonds is 3. The summed E-state index contributed by atoms with van der Waals surface area (Å²) >= 11 is 0. The van der Waals surface area contributed by atoms with Crippen LogP contribution in [0.25, 0.3) is 0 Å². The molecule has 1 unspecified atom stereocenters. The predicted octanol–water partition coefficient (Wildman–Crippen LogP) is 3.32. The molecule has 0 bridgehead atoms. The smallest absolute Gasteiger partial charge is 0.371 e. The molecule has 1 atom stereocenters. The average molecular weight is 290 g/mol. The number of piperidine rings is 1. The summed E-state index contributed by atoms with van der Waals surface area (Å²) < 4.78 is 52.0. The van der Waals surface area contributed by atoms with Gasteiger partial charge in [0.25, 0.3) is 0 Å². The number of halogens is 4. The predicted molar refractivity (Wildman–Crippen MR) is 70.2 cm³/mol. The lowest BCUT2D eigenvalue weighted by molar-refractivity contribution is -0.175. The lowest BCUT2D eigenvalue weighted by atomic mass is 9.97. The third-order valence-electron chi connectivity index (χ3n) is 3.57. The maximum absolute atomic E-state index is 13.6. The maximum Gasteiger partial charge on any atom is 0.393 e. The van der Waals surface area contributed by atoms with E-state index in [9.17, 15) is 17.6 Å². The summed E-state index contributed by atoms with van der Waals surface area (Å²) in [6, 6.07) is 4.45. The summed E-state index contributed by atoms with van der Waals surface area (Å²) in [5, 5.41) is 2.91. The van der Waals surface area contributed by atoms with Crippen LogP contribution < -0.4 is 10.2 Å². The second kappa shape index (κ2) is 5.99. The van der Waals surface area contributed by atoms with Crippen molar-refractivity contribution in [3.05, 3.63) is 29.6 Å². The minimum absolute atomic E-state index is 0.0913. The molecule has 1 heterocycles. The molecule has 0 radical (unpaired) electrons. The van der Waals surface area contributed by atoms with E-state index in [2.05, 4.69) is 5.32 Å². The van der Waals surface area contributed by atoms with Gasteiger partial charge in [-0.3, -0.25) is 0 Å². The van der Waals surface area contributed by atoms with Crippen LogP contribution in [0.2, 0.25) is 0 Å². The van der Waals surface area contributed by atoms with Crippen LogP contribution in [-0.2, 0) is 6.54 Å². The first-order chi connectivity index (χ1) is 9.40. The van der Waals surface area contributed by atoms with Crippen LogP contribution in [-0.4, -0.2) is 26.3 Å². The molecule has 0 amide bonds. The summed E-state index contributed by atoms with van der Waals surface area (Å²) in [4.78, 5) is 1.63. The van der Waals surface area contributed by atoms with Crippen molar-refractivity contribution in [1.29, 1.82) is 0 Å². The molecule has 112 valence electrons. The minimum atomic E-state index is -4.18. The number of anilines is 1. The molecule has 2 nitrogen and oxygen atoms in total. The van der Waals surface area contributed by atoms with Crippen molar-refractivity contribution in [2.24, 2.45) is 5.92 Å². The Morgan fingerprint density at radius 3 is 2.70 bits per heavy atom. The van der Waals surface area contributed by atoms with Gasteiger partial charge in [0.1, 0.15) is 5.82 Å². The van der Waals surface area contributed by atoms with Gasteiger partial charge in [-0.2, -0.15) is 13.2 Å². The first kappa shape index (κ1) is 15.1. The van der Waals surface area contributed by atoms with Crippen molar-refractivity contribution < 1.29 is 17.6 Å². The SMILES string of the molecule is CNCc1cc(F)cc(N2CCCC(C(F)(F)F)C2)c1. The van der Waals surface area contributed by atoms with Gasteiger partial charge in [0.2, 0.25) is 0 Å². The highest BCUT2D eigenvalue weighted by Gasteiger charge is 2.41. The largest absolute Gasteiger partial charge is 0.393 e. The van der Waals surface area contributed by atoms with Crippen molar-refractivity contribution in [3.8, 4) is 0 Å². The highest BCUT2D eigenvalue weighted by molar-refractivity contribution is 5.49. The first-order valence-electron chi connectivity index (χ1n) is 6.66. The molecular weight excluding hydrogens is 272 g/mol. The first-order valence-corrected chi connectivity index (χ1v) is 6.66. The molecule has 1 aromatic rings. The molecule has 0 aliphatic carbocycles. The van der Waals surface area contributed by atoms with Gasteiger partial charge in [-0.25, -0.2) is 4.39 Å². The van der Waals surface area contributed by atoms with Gasteiger partial charge in [-0.05, 0) is 43.7 Å². The topological polar surface area (TPSA) is 15.3 Å². The standard InChI is InChI=1S/C14H18F4N2/c1-19-8-10-5-12(15)7-13(6-10)20-4-2-3-11(9-20)14(16,17)18/h5-7,11,19H,2-4,8-9H2,1H3. The van der Waals surface area contributed by atoms with E-state index < -0.39 is 17.9 Å². The number of alkyl halides is 3. The molecule has 6 heteroatoms. The zero-order chi connectivity index (χ0) is 14.8. The number of benzene rings is 1. The summed E-state index contributed by atoms with van der Waals surface area (Å²) in [5.74, 6) is -1.74. The molecule has 0 saturated carbocycles. The minimum Gasteiger partial charge on any atom is -0.371 e. The summed E-state index contributed by atoms with van der Waals surface area (Å²) in [7, 11) is 1.74. The Hall–Kier alpha value is -1.30. The van der Waals surface area contributed by atoms with E-state index in [1.54, 1.807) is 18.0 Å². The van der Waals surface area contributed by atoms with Gasteiger partial charge in [-0.1, -0.05) is 0 Å². The summed E-state index contributed by atoms with van der Waals surface area (Å²) in [6.45, 7) is 0.933.